The third-order valence-electron chi connectivity index (χ3n) is 4.77. The van der Waals surface area contributed by atoms with Gasteiger partial charge in [-0.2, -0.15) is 5.10 Å². The summed E-state index contributed by atoms with van der Waals surface area (Å²) in [6, 6.07) is 11.9. The van der Waals surface area contributed by atoms with Gasteiger partial charge in [-0.3, -0.25) is 14.4 Å². The highest BCUT2D eigenvalue weighted by Crippen LogP contribution is 2.27. The van der Waals surface area contributed by atoms with E-state index >= 15 is 0 Å². The number of benzene rings is 2. The number of aryl methyl sites for hydroxylation is 1. The number of fused-ring (bicyclic) bond motifs is 1. The van der Waals surface area contributed by atoms with Crippen molar-refractivity contribution >= 4 is 79.7 Å². The minimum Gasteiger partial charge on any atom is -0.326 e. The molecule has 0 unspecified atom stereocenters. The number of hydrogen-bond donors (Lipinski definition) is 2. The maximum absolute atomic E-state index is 12.6. The molecule has 0 saturated carbocycles. The quantitative estimate of drug-likeness (QED) is 0.247. The first-order valence-electron chi connectivity index (χ1n) is 10.3. The summed E-state index contributed by atoms with van der Waals surface area (Å²) in [6.07, 6.45) is 0.225. The monoisotopic (exact) mass is 548 g/mol. The van der Waals surface area contributed by atoms with Crippen LogP contribution in [0.4, 0.5) is 10.8 Å². The van der Waals surface area contributed by atoms with Crippen molar-refractivity contribution in [1.82, 2.24) is 20.0 Å². The molecule has 2 amide bonds. The predicted octanol–water partition coefficient (Wildman–Crippen LogP) is 4.39. The van der Waals surface area contributed by atoms with Crippen molar-refractivity contribution in [2.75, 3.05) is 16.4 Å². The van der Waals surface area contributed by atoms with Gasteiger partial charge in [-0.25, -0.2) is 4.68 Å². The molecular formula is C22H18Cl2N6O3S2. The van der Waals surface area contributed by atoms with Crippen molar-refractivity contribution in [3.63, 3.8) is 0 Å². The first-order valence-corrected chi connectivity index (χ1v) is 12.8. The number of amides is 2. The Bertz CT molecular complexity index is 1470. The van der Waals surface area contributed by atoms with E-state index in [4.69, 9.17) is 23.2 Å². The van der Waals surface area contributed by atoms with Gasteiger partial charge in [-0.1, -0.05) is 64.5 Å². The molecular weight excluding hydrogens is 531 g/mol. The van der Waals surface area contributed by atoms with Crippen LogP contribution in [0.3, 0.4) is 0 Å². The lowest BCUT2D eigenvalue weighted by Crippen LogP contribution is -2.24. The number of halogens is 2. The fraction of sp³-hybridized carbons (Fsp3) is 0.182. The van der Waals surface area contributed by atoms with Gasteiger partial charge in [0.25, 0.3) is 5.56 Å². The molecule has 0 aliphatic rings. The Morgan fingerprint density at radius 1 is 1.03 bits per heavy atom. The lowest BCUT2D eigenvalue weighted by molar-refractivity contribution is -0.116. The molecule has 2 aromatic carbocycles. The fourth-order valence-corrected chi connectivity index (χ4v) is 5.24. The van der Waals surface area contributed by atoms with E-state index in [9.17, 15) is 14.4 Å². The SMILES string of the molecule is Cn1nc(CC(=O)Nc2nnc(SCCC(=O)Nc3ccc(Cl)c(Cl)c3)s2)c2ccccc2c1=O. The summed E-state index contributed by atoms with van der Waals surface area (Å²) in [5.41, 5.74) is 0.838. The summed E-state index contributed by atoms with van der Waals surface area (Å²) < 4.78 is 1.84. The van der Waals surface area contributed by atoms with Crippen molar-refractivity contribution in [2.24, 2.45) is 7.05 Å². The number of nitrogens with zero attached hydrogens (tertiary/aromatic N) is 4. The van der Waals surface area contributed by atoms with Gasteiger partial charge in [0.05, 0.1) is 27.5 Å². The summed E-state index contributed by atoms with van der Waals surface area (Å²) in [5.74, 6) is -0.0233. The molecule has 2 N–H and O–H groups in total. The van der Waals surface area contributed by atoms with E-state index in [0.29, 0.717) is 47.4 Å². The van der Waals surface area contributed by atoms with Gasteiger partial charge in [0.1, 0.15) is 0 Å². The fourth-order valence-electron chi connectivity index (χ4n) is 3.17. The zero-order chi connectivity index (χ0) is 24.9. The smallest absolute Gasteiger partial charge is 0.274 e. The first kappa shape index (κ1) is 25.1. The van der Waals surface area contributed by atoms with E-state index in [2.05, 4.69) is 25.9 Å². The van der Waals surface area contributed by atoms with Crippen LogP contribution in [0.15, 0.2) is 51.6 Å². The van der Waals surface area contributed by atoms with Crippen molar-refractivity contribution in [3.05, 3.63) is 68.6 Å². The molecule has 0 saturated heterocycles. The molecule has 4 aromatic rings. The Morgan fingerprint density at radius 3 is 2.57 bits per heavy atom. The highest BCUT2D eigenvalue weighted by Gasteiger charge is 2.15. The van der Waals surface area contributed by atoms with Crippen LogP contribution in [-0.2, 0) is 23.1 Å². The zero-order valence-electron chi connectivity index (χ0n) is 18.2. The van der Waals surface area contributed by atoms with Crippen molar-refractivity contribution in [2.45, 2.75) is 17.2 Å². The minimum atomic E-state index is -0.324. The van der Waals surface area contributed by atoms with E-state index in [1.165, 1.54) is 27.8 Å². The van der Waals surface area contributed by atoms with Gasteiger partial charge >= 0.3 is 0 Å². The normalized spacial score (nSPS) is 10.9. The number of aromatic nitrogens is 4. The molecule has 0 atom stereocenters. The number of carbonyl (C=O) groups excluding carboxylic acids is 2. The largest absolute Gasteiger partial charge is 0.326 e. The van der Waals surface area contributed by atoms with Gasteiger partial charge in [-0.15, -0.1) is 10.2 Å². The standard InChI is InChI=1S/C22H18Cl2N6O3S2/c1-30-20(33)14-5-3-2-4-13(14)17(29-30)11-19(32)26-21-27-28-22(35-21)34-9-8-18(31)25-12-6-7-15(23)16(24)10-12/h2-7,10H,8-9,11H2,1H3,(H,25,31)(H,26,27,32). The van der Waals surface area contributed by atoms with E-state index in [0.717, 1.165) is 0 Å². The molecule has 9 nitrogen and oxygen atoms in total. The van der Waals surface area contributed by atoms with Crippen LogP contribution in [-0.4, -0.2) is 37.5 Å². The van der Waals surface area contributed by atoms with Crippen LogP contribution < -0.4 is 16.2 Å². The topological polar surface area (TPSA) is 119 Å². The average Bonchev–Trinajstić information content (AvgIpc) is 3.26. The van der Waals surface area contributed by atoms with E-state index < -0.39 is 0 Å². The third-order valence-corrected chi connectivity index (χ3v) is 7.48. The Balaban J connectivity index is 1.29. The Hall–Kier alpha value is -2.99. The Morgan fingerprint density at radius 2 is 1.80 bits per heavy atom. The molecule has 0 aliphatic carbocycles. The van der Waals surface area contributed by atoms with Gasteiger partial charge in [-0.05, 0) is 24.3 Å². The number of carbonyl (C=O) groups is 2. The summed E-state index contributed by atoms with van der Waals surface area (Å²) in [6.45, 7) is 0. The molecule has 13 heteroatoms. The first-order chi connectivity index (χ1) is 16.8. The molecule has 0 aliphatic heterocycles. The summed E-state index contributed by atoms with van der Waals surface area (Å²) in [4.78, 5) is 37.0. The third kappa shape index (κ3) is 6.37. The lowest BCUT2D eigenvalue weighted by Gasteiger charge is -2.07. The average molecular weight is 549 g/mol. The molecule has 0 radical (unpaired) electrons. The summed E-state index contributed by atoms with van der Waals surface area (Å²) in [7, 11) is 1.55. The van der Waals surface area contributed by atoms with E-state index in [1.54, 1.807) is 49.5 Å². The van der Waals surface area contributed by atoms with Crippen LogP contribution in [0, 0.1) is 0 Å². The molecule has 2 heterocycles. The number of anilines is 2. The summed E-state index contributed by atoms with van der Waals surface area (Å²) in [5, 5.41) is 20.0. The van der Waals surface area contributed by atoms with E-state index in [-0.39, 0.29) is 30.2 Å². The lowest BCUT2D eigenvalue weighted by atomic mass is 10.1. The van der Waals surface area contributed by atoms with Crippen molar-refractivity contribution < 1.29 is 9.59 Å². The highest BCUT2D eigenvalue weighted by molar-refractivity contribution is 8.01. The van der Waals surface area contributed by atoms with Crippen LogP contribution >= 0.6 is 46.3 Å². The van der Waals surface area contributed by atoms with Crippen LogP contribution in [0.2, 0.25) is 10.0 Å². The van der Waals surface area contributed by atoms with Gasteiger partial charge < -0.3 is 10.6 Å². The second-order valence-electron chi connectivity index (χ2n) is 7.29. The number of thioether (sulfide) groups is 1. The highest BCUT2D eigenvalue weighted by atomic mass is 35.5. The molecule has 35 heavy (non-hydrogen) atoms. The Labute approximate surface area is 217 Å². The Kier molecular flexibility index (Phi) is 8.01. The van der Waals surface area contributed by atoms with Crippen LogP contribution in [0.1, 0.15) is 12.1 Å². The maximum atomic E-state index is 12.6. The minimum absolute atomic E-state index is 0.0222. The van der Waals surface area contributed by atoms with Crippen LogP contribution in [0.5, 0.6) is 0 Å². The molecule has 4 rings (SSSR count). The molecule has 0 spiro atoms. The molecule has 2 aromatic heterocycles. The number of nitrogens with one attached hydrogen (secondary N) is 2. The van der Waals surface area contributed by atoms with Gasteiger partial charge in [0, 0.05) is 30.3 Å². The zero-order valence-corrected chi connectivity index (χ0v) is 21.4. The second-order valence-corrected chi connectivity index (χ2v) is 10.4. The van der Waals surface area contributed by atoms with Crippen molar-refractivity contribution in [1.29, 1.82) is 0 Å². The summed E-state index contributed by atoms with van der Waals surface area (Å²) >= 11 is 14.4. The number of hydrogen-bond acceptors (Lipinski definition) is 8. The number of rotatable bonds is 8. The van der Waals surface area contributed by atoms with Gasteiger partial charge in [0.15, 0.2) is 4.34 Å². The second kappa shape index (κ2) is 11.2. The van der Waals surface area contributed by atoms with E-state index in [1.807, 2.05) is 0 Å². The molecule has 0 fully saturated rings. The van der Waals surface area contributed by atoms with Crippen molar-refractivity contribution in [3.8, 4) is 0 Å². The van der Waals surface area contributed by atoms with Crippen LogP contribution in [0.25, 0.3) is 10.8 Å². The maximum Gasteiger partial charge on any atom is 0.274 e. The molecule has 180 valence electrons. The predicted molar refractivity (Wildman–Crippen MR) is 140 cm³/mol. The van der Waals surface area contributed by atoms with Gasteiger partial charge in [0.2, 0.25) is 16.9 Å². The molecule has 0 bridgehead atoms.